The number of likely N-dealkylation sites (tertiary alicyclic amines) is 1. The lowest BCUT2D eigenvalue weighted by Crippen LogP contribution is -2.42. The van der Waals surface area contributed by atoms with Crippen LogP contribution in [0.4, 0.5) is 10.5 Å². The highest BCUT2D eigenvalue weighted by atomic mass is 16.6. The molecule has 0 saturated carbocycles. The first-order chi connectivity index (χ1) is 15.7. The van der Waals surface area contributed by atoms with E-state index >= 15 is 0 Å². The van der Waals surface area contributed by atoms with Gasteiger partial charge in [-0.2, -0.15) is 0 Å². The highest BCUT2D eigenvalue weighted by molar-refractivity contribution is 6.10. The number of hydrogen-bond acceptors (Lipinski definition) is 5. The van der Waals surface area contributed by atoms with E-state index in [0.29, 0.717) is 18.8 Å². The molecule has 0 atom stereocenters. The van der Waals surface area contributed by atoms with E-state index in [-0.39, 0.29) is 18.0 Å². The Balaban J connectivity index is 1.48. The standard InChI is InChI=1S/C25H31N5O3/c1-17-22(23(31)28(5)21-12-8-10-18-9-6-7-11-20(18)21)26-27-30(17)19-13-15-29(16-14-19)24(32)33-25(2,3)4/h6-12,19H,13-16H2,1-5H3. The third kappa shape index (κ3) is 4.69. The molecule has 174 valence electrons. The van der Waals surface area contributed by atoms with Gasteiger partial charge in [-0.05, 0) is 52.0 Å². The molecule has 3 aromatic rings. The number of hydrogen-bond donors (Lipinski definition) is 0. The third-order valence-corrected chi connectivity index (χ3v) is 6.02. The van der Waals surface area contributed by atoms with Crippen molar-refractivity contribution in [1.29, 1.82) is 0 Å². The maximum atomic E-state index is 13.3. The molecule has 1 aliphatic heterocycles. The van der Waals surface area contributed by atoms with Gasteiger partial charge in [0.2, 0.25) is 0 Å². The number of amides is 2. The number of nitrogens with zero attached hydrogens (tertiary/aromatic N) is 5. The number of rotatable bonds is 3. The molecule has 33 heavy (non-hydrogen) atoms. The highest BCUT2D eigenvalue weighted by Crippen LogP contribution is 2.29. The predicted octanol–water partition coefficient (Wildman–Crippen LogP) is 4.59. The Hall–Kier alpha value is -3.42. The van der Waals surface area contributed by atoms with E-state index in [1.165, 1.54) is 0 Å². The number of carbonyl (C=O) groups is 2. The molecular weight excluding hydrogens is 418 g/mol. The van der Waals surface area contributed by atoms with Crippen LogP contribution in [0.5, 0.6) is 0 Å². The molecule has 0 unspecified atom stereocenters. The zero-order valence-electron chi connectivity index (χ0n) is 19.9. The van der Waals surface area contributed by atoms with Gasteiger partial charge < -0.3 is 14.5 Å². The average molecular weight is 450 g/mol. The van der Waals surface area contributed by atoms with Gasteiger partial charge in [0.05, 0.1) is 17.4 Å². The van der Waals surface area contributed by atoms with E-state index in [2.05, 4.69) is 10.3 Å². The molecule has 0 bridgehead atoms. The summed E-state index contributed by atoms with van der Waals surface area (Å²) in [6.07, 6.45) is 1.18. The summed E-state index contributed by atoms with van der Waals surface area (Å²) < 4.78 is 7.31. The fourth-order valence-corrected chi connectivity index (χ4v) is 4.27. The van der Waals surface area contributed by atoms with Crippen LogP contribution in [0.3, 0.4) is 0 Å². The van der Waals surface area contributed by atoms with Gasteiger partial charge in [-0.25, -0.2) is 9.48 Å². The molecule has 1 aromatic heterocycles. The van der Waals surface area contributed by atoms with Crippen LogP contribution in [-0.2, 0) is 4.74 Å². The largest absolute Gasteiger partial charge is 0.444 e. The van der Waals surface area contributed by atoms with Crippen molar-refractivity contribution in [3.63, 3.8) is 0 Å². The number of piperidine rings is 1. The summed E-state index contributed by atoms with van der Waals surface area (Å²) in [5.41, 5.74) is 1.41. The predicted molar refractivity (Wildman–Crippen MR) is 128 cm³/mol. The number of carbonyl (C=O) groups excluding carboxylic acids is 2. The molecule has 0 spiro atoms. The van der Waals surface area contributed by atoms with Crippen LogP contribution < -0.4 is 4.90 Å². The van der Waals surface area contributed by atoms with Crippen LogP contribution in [0.2, 0.25) is 0 Å². The summed E-state index contributed by atoms with van der Waals surface area (Å²) >= 11 is 0. The molecule has 0 radical (unpaired) electrons. The lowest BCUT2D eigenvalue weighted by molar-refractivity contribution is 0.0183. The van der Waals surface area contributed by atoms with Gasteiger partial charge in [-0.1, -0.05) is 41.6 Å². The second-order valence-corrected chi connectivity index (χ2v) is 9.53. The molecular formula is C25H31N5O3. The first-order valence-electron chi connectivity index (χ1n) is 11.3. The Bertz CT molecular complexity index is 1170. The lowest BCUT2D eigenvalue weighted by atomic mass is 10.1. The molecule has 2 aromatic carbocycles. The Kier molecular flexibility index (Phi) is 6.10. The maximum absolute atomic E-state index is 13.3. The second kappa shape index (κ2) is 8.84. The van der Waals surface area contributed by atoms with Gasteiger partial charge in [-0.15, -0.1) is 5.10 Å². The van der Waals surface area contributed by atoms with E-state index in [0.717, 1.165) is 35.0 Å². The molecule has 1 aliphatic rings. The van der Waals surface area contributed by atoms with Crippen molar-refractivity contribution < 1.29 is 14.3 Å². The monoisotopic (exact) mass is 449 g/mol. The summed E-state index contributed by atoms with van der Waals surface area (Å²) in [4.78, 5) is 29.0. The molecule has 1 saturated heterocycles. The molecule has 0 aliphatic carbocycles. The van der Waals surface area contributed by atoms with Crippen molar-refractivity contribution in [3.05, 3.63) is 53.9 Å². The summed E-state index contributed by atoms with van der Waals surface area (Å²) in [6, 6.07) is 14.0. The minimum atomic E-state index is -0.512. The third-order valence-electron chi connectivity index (χ3n) is 6.02. The van der Waals surface area contributed by atoms with E-state index < -0.39 is 5.60 Å². The summed E-state index contributed by atoms with van der Waals surface area (Å²) in [6.45, 7) is 8.64. The SMILES string of the molecule is Cc1c(C(=O)N(C)c2cccc3ccccc23)nnn1C1CCN(C(=O)OC(C)(C)C)CC1. The Labute approximate surface area is 194 Å². The van der Waals surface area contributed by atoms with Gasteiger partial charge in [0.1, 0.15) is 5.60 Å². The van der Waals surface area contributed by atoms with Gasteiger partial charge in [-0.3, -0.25) is 4.79 Å². The molecule has 8 heteroatoms. The molecule has 1 fully saturated rings. The number of benzene rings is 2. The average Bonchev–Trinajstić information content (AvgIpc) is 3.18. The fraction of sp³-hybridized carbons (Fsp3) is 0.440. The molecule has 0 N–H and O–H groups in total. The first kappa shape index (κ1) is 22.8. The van der Waals surface area contributed by atoms with Crippen LogP contribution in [0.25, 0.3) is 10.8 Å². The van der Waals surface area contributed by atoms with Crippen LogP contribution in [0.15, 0.2) is 42.5 Å². The van der Waals surface area contributed by atoms with Crippen molar-refractivity contribution in [1.82, 2.24) is 19.9 Å². The summed E-state index contributed by atoms with van der Waals surface area (Å²) in [5, 5.41) is 10.6. The van der Waals surface area contributed by atoms with Gasteiger partial charge in [0.25, 0.3) is 5.91 Å². The van der Waals surface area contributed by atoms with Gasteiger partial charge >= 0.3 is 6.09 Å². The Morgan fingerprint density at radius 2 is 1.73 bits per heavy atom. The number of ether oxygens (including phenoxy) is 1. The van der Waals surface area contributed by atoms with Crippen molar-refractivity contribution in [2.45, 2.75) is 52.2 Å². The molecule has 2 heterocycles. The quantitative estimate of drug-likeness (QED) is 0.584. The van der Waals surface area contributed by atoms with Crippen LogP contribution >= 0.6 is 0 Å². The minimum absolute atomic E-state index is 0.0839. The smallest absolute Gasteiger partial charge is 0.410 e. The zero-order valence-corrected chi connectivity index (χ0v) is 19.9. The van der Waals surface area contributed by atoms with Crippen molar-refractivity contribution >= 4 is 28.5 Å². The maximum Gasteiger partial charge on any atom is 0.410 e. The lowest BCUT2D eigenvalue weighted by Gasteiger charge is -2.33. The zero-order chi connectivity index (χ0) is 23.8. The summed E-state index contributed by atoms with van der Waals surface area (Å²) in [5.74, 6) is -0.193. The second-order valence-electron chi connectivity index (χ2n) is 9.53. The fourth-order valence-electron chi connectivity index (χ4n) is 4.27. The van der Waals surface area contributed by atoms with E-state index in [1.807, 2.05) is 74.8 Å². The number of anilines is 1. The molecule has 8 nitrogen and oxygen atoms in total. The molecule has 2 amide bonds. The normalized spacial score (nSPS) is 15.0. The van der Waals surface area contributed by atoms with Crippen molar-refractivity contribution in [3.8, 4) is 0 Å². The Morgan fingerprint density at radius 3 is 2.42 bits per heavy atom. The highest BCUT2D eigenvalue weighted by Gasteiger charge is 2.30. The van der Waals surface area contributed by atoms with Crippen LogP contribution in [-0.4, -0.2) is 57.6 Å². The topological polar surface area (TPSA) is 80.6 Å². The summed E-state index contributed by atoms with van der Waals surface area (Å²) in [7, 11) is 1.77. The number of fused-ring (bicyclic) bond motifs is 1. The van der Waals surface area contributed by atoms with E-state index in [1.54, 1.807) is 16.8 Å². The van der Waals surface area contributed by atoms with Gasteiger partial charge in [0, 0.05) is 25.5 Å². The van der Waals surface area contributed by atoms with Crippen LogP contribution in [0.1, 0.15) is 55.8 Å². The Morgan fingerprint density at radius 1 is 1.06 bits per heavy atom. The van der Waals surface area contributed by atoms with Gasteiger partial charge in [0.15, 0.2) is 5.69 Å². The molecule has 4 rings (SSSR count). The first-order valence-corrected chi connectivity index (χ1v) is 11.3. The minimum Gasteiger partial charge on any atom is -0.444 e. The van der Waals surface area contributed by atoms with Crippen LogP contribution in [0, 0.1) is 6.92 Å². The van der Waals surface area contributed by atoms with Crippen molar-refractivity contribution in [2.75, 3.05) is 25.0 Å². The van der Waals surface area contributed by atoms with Crippen molar-refractivity contribution in [2.24, 2.45) is 0 Å². The van der Waals surface area contributed by atoms with E-state index in [4.69, 9.17) is 4.74 Å². The number of aromatic nitrogens is 3. The van der Waals surface area contributed by atoms with E-state index in [9.17, 15) is 9.59 Å².